The maximum atomic E-state index is 16.1. The van der Waals surface area contributed by atoms with Gasteiger partial charge in [-0.2, -0.15) is 0 Å². The first-order valence-electron chi connectivity index (χ1n) is 11.8. The molecule has 1 aromatic rings. The molecule has 3 aliphatic heterocycles. The number of carbonyl (C=O) groups is 3. The van der Waals surface area contributed by atoms with E-state index in [1.165, 1.54) is 0 Å². The minimum atomic E-state index is -4.12. The topological polar surface area (TPSA) is 118 Å². The van der Waals surface area contributed by atoms with Crippen molar-refractivity contribution in [2.24, 2.45) is 5.92 Å². The van der Waals surface area contributed by atoms with Gasteiger partial charge in [0.1, 0.15) is 6.10 Å². The summed E-state index contributed by atoms with van der Waals surface area (Å²) >= 11 is 6.05. The van der Waals surface area contributed by atoms with Crippen molar-refractivity contribution < 1.29 is 46.4 Å². The Morgan fingerprint density at radius 1 is 1.35 bits per heavy atom. The highest BCUT2D eigenvalue weighted by Gasteiger charge is 2.60. The van der Waals surface area contributed by atoms with Gasteiger partial charge in [-0.05, 0) is 30.7 Å². The fourth-order valence-corrected chi connectivity index (χ4v) is 5.81. The van der Waals surface area contributed by atoms with Crippen LogP contribution in [-0.2, 0) is 42.0 Å². The fraction of sp³-hybridized carbons (Fsp3) is 0.542. The molecule has 0 spiro atoms. The lowest BCUT2D eigenvalue weighted by molar-refractivity contribution is -0.162. The largest absolute Gasteiger partial charge is 0.475 e. The van der Waals surface area contributed by atoms with Crippen molar-refractivity contribution in [1.82, 2.24) is 4.90 Å². The molecular formula is C24H28ClFNO9P. The first kappa shape index (κ1) is 27.9. The van der Waals surface area contributed by atoms with Crippen LogP contribution in [0.25, 0.3) is 0 Å². The maximum absolute atomic E-state index is 16.1. The number of hydrogen-bond donors (Lipinski definition) is 0. The molecule has 0 aromatic heterocycles. The molecule has 0 N–H and O–H groups in total. The van der Waals surface area contributed by atoms with Crippen LogP contribution in [0, 0.1) is 5.92 Å². The lowest BCUT2D eigenvalue weighted by Gasteiger charge is -2.33. The van der Waals surface area contributed by atoms with E-state index in [0.717, 1.165) is 24.1 Å². The summed E-state index contributed by atoms with van der Waals surface area (Å²) < 4.78 is 57.0. The third-order valence-electron chi connectivity index (χ3n) is 6.19. The molecule has 0 saturated carbocycles. The Morgan fingerprint density at radius 2 is 2.11 bits per heavy atom. The number of ketones is 1. The molecule has 0 aliphatic carbocycles. The Hall–Kier alpha value is -2.14. The predicted molar refractivity (Wildman–Crippen MR) is 128 cm³/mol. The van der Waals surface area contributed by atoms with Gasteiger partial charge in [-0.1, -0.05) is 37.6 Å². The molecule has 1 aromatic carbocycles. The number of amides is 1. The van der Waals surface area contributed by atoms with Gasteiger partial charge in [-0.25, -0.2) is 8.96 Å². The number of alkyl halides is 1. The van der Waals surface area contributed by atoms with Crippen LogP contribution in [0.5, 0.6) is 0 Å². The highest BCUT2D eigenvalue weighted by Crippen LogP contribution is 2.57. The summed E-state index contributed by atoms with van der Waals surface area (Å²) in [5, 5.41) is 0.480. The van der Waals surface area contributed by atoms with E-state index in [1.54, 1.807) is 38.1 Å². The minimum absolute atomic E-state index is 0.0658. The Morgan fingerprint density at radius 3 is 2.78 bits per heavy atom. The number of hydrogen-bond acceptors (Lipinski definition) is 9. The number of ether oxygens (including phenoxy) is 2. The number of rotatable bonds is 7. The van der Waals surface area contributed by atoms with Crippen molar-refractivity contribution in [3.63, 3.8) is 0 Å². The van der Waals surface area contributed by atoms with Crippen LogP contribution in [-0.4, -0.2) is 59.9 Å². The van der Waals surface area contributed by atoms with E-state index in [9.17, 15) is 18.9 Å². The Labute approximate surface area is 218 Å². The summed E-state index contributed by atoms with van der Waals surface area (Å²) in [4.78, 5) is 37.4. The van der Waals surface area contributed by atoms with Crippen LogP contribution >= 0.6 is 19.4 Å². The third-order valence-corrected chi connectivity index (χ3v) is 7.90. The molecule has 13 heteroatoms. The summed E-state index contributed by atoms with van der Waals surface area (Å²) in [7, 11) is -4.12. The van der Waals surface area contributed by atoms with Crippen LogP contribution < -0.4 is 0 Å². The number of benzene rings is 1. The van der Waals surface area contributed by atoms with E-state index in [1.807, 2.05) is 0 Å². The van der Waals surface area contributed by atoms with Crippen LogP contribution in [0.4, 0.5) is 4.39 Å². The second-order valence-corrected chi connectivity index (χ2v) is 11.5. The SMILES string of the molecule is CC(C)C(=O)O[C@@H]1[C@@H](CO[P@@]2(=O)OCC[C@@H](c3cccc(Cl)c3)O2)O[C@@H](N2C=CC(=O)CC2=O)[C@]1(C)F. The third kappa shape index (κ3) is 6.13. The minimum Gasteiger partial charge on any atom is -0.456 e. The van der Waals surface area contributed by atoms with E-state index in [0.29, 0.717) is 17.0 Å². The smallest absolute Gasteiger partial charge is 0.456 e. The highest BCUT2D eigenvalue weighted by molar-refractivity contribution is 7.48. The molecule has 2 saturated heterocycles. The zero-order valence-corrected chi connectivity index (χ0v) is 22.2. The van der Waals surface area contributed by atoms with E-state index in [2.05, 4.69) is 0 Å². The average molecular weight is 560 g/mol. The standard InChI is InChI=1S/C24H28ClFNO9P/c1-14(2)22(30)35-21-19(34-23(24(21,3)26)27-9-7-17(28)12-20(27)29)13-33-37(31)32-10-8-18(36-37)15-5-4-6-16(25)11-15/h4-7,9,11,14,18-19,21,23H,8,10,12-13H2,1-3H3/t18-,19+,21+,23+,24+,37+/m0/s1. The van der Waals surface area contributed by atoms with Crippen molar-refractivity contribution in [1.29, 1.82) is 0 Å². The molecule has 3 heterocycles. The fourth-order valence-electron chi connectivity index (χ4n) is 4.22. The summed E-state index contributed by atoms with van der Waals surface area (Å²) in [5.74, 6) is -2.38. The number of esters is 1. The van der Waals surface area contributed by atoms with Gasteiger partial charge in [0.05, 0.1) is 31.7 Å². The molecule has 0 radical (unpaired) electrons. The zero-order chi connectivity index (χ0) is 27.0. The molecule has 0 bridgehead atoms. The zero-order valence-electron chi connectivity index (χ0n) is 20.5. The van der Waals surface area contributed by atoms with Crippen molar-refractivity contribution in [2.45, 2.75) is 63.8 Å². The van der Waals surface area contributed by atoms with Gasteiger partial charge in [0.2, 0.25) is 5.91 Å². The Kier molecular flexibility index (Phi) is 8.23. The number of halogens is 2. The molecule has 2 fully saturated rings. The van der Waals surface area contributed by atoms with Gasteiger partial charge in [-0.3, -0.25) is 32.9 Å². The van der Waals surface area contributed by atoms with E-state index >= 15 is 4.39 Å². The molecule has 1 amide bonds. The lowest BCUT2D eigenvalue weighted by atomic mass is 9.96. The van der Waals surface area contributed by atoms with Crippen LogP contribution in [0.3, 0.4) is 0 Å². The lowest BCUT2D eigenvalue weighted by Crippen LogP contribution is -2.52. The molecule has 3 aliphatic rings. The van der Waals surface area contributed by atoms with Gasteiger partial charge in [-0.15, -0.1) is 0 Å². The molecule has 0 unspecified atom stereocenters. The monoisotopic (exact) mass is 559 g/mol. The first-order valence-corrected chi connectivity index (χ1v) is 13.6. The molecule has 202 valence electrons. The second kappa shape index (κ2) is 10.9. The van der Waals surface area contributed by atoms with E-state index in [4.69, 9.17) is 34.6 Å². The average Bonchev–Trinajstić information content (AvgIpc) is 3.07. The number of nitrogens with zero attached hydrogens (tertiary/aromatic N) is 1. The van der Waals surface area contributed by atoms with Gasteiger partial charge in [0, 0.05) is 17.6 Å². The normalized spacial score (nSPS) is 34.3. The molecular weight excluding hydrogens is 532 g/mol. The number of carbonyl (C=O) groups excluding carboxylic acids is 3. The second-order valence-electron chi connectivity index (χ2n) is 9.46. The molecule has 4 rings (SSSR count). The van der Waals surface area contributed by atoms with Gasteiger partial charge in [0.25, 0.3) is 0 Å². The van der Waals surface area contributed by atoms with Crippen molar-refractivity contribution in [3.8, 4) is 0 Å². The Bertz CT molecular complexity index is 1140. The summed E-state index contributed by atoms with van der Waals surface area (Å²) in [5.41, 5.74) is -1.72. The quantitative estimate of drug-likeness (QED) is 0.274. The van der Waals surface area contributed by atoms with Gasteiger partial charge in [0.15, 0.2) is 23.8 Å². The molecule has 10 nitrogen and oxygen atoms in total. The van der Waals surface area contributed by atoms with Crippen molar-refractivity contribution >= 4 is 37.1 Å². The van der Waals surface area contributed by atoms with E-state index < -0.39 is 74.6 Å². The number of phosphoric acid groups is 1. The van der Waals surface area contributed by atoms with Crippen molar-refractivity contribution in [2.75, 3.05) is 13.2 Å². The van der Waals surface area contributed by atoms with Crippen LogP contribution in [0.1, 0.15) is 45.3 Å². The van der Waals surface area contributed by atoms with Gasteiger partial charge < -0.3 is 9.47 Å². The van der Waals surface area contributed by atoms with E-state index in [-0.39, 0.29) is 6.61 Å². The molecule has 37 heavy (non-hydrogen) atoms. The highest BCUT2D eigenvalue weighted by atomic mass is 35.5. The van der Waals surface area contributed by atoms with Gasteiger partial charge >= 0.3 is 13.8 Å². The number of allylic oxidation sites excluding steroid dienone is 1. The molecule has 6 atom stereocenters. The predicted octanol–water partition coefficient (Wildman–Crippen LogP) is 4.28. The Balaban J connectivity index is 1.52. The summed E-state index contributed by atoms with van der Waals surface area (Å²) in [6.45, 7) is 3.82. The summed E-state index contributed by atoms with van der Waals surface area (Å²) in [6.07, 6.45) is -2.73. The maximum Gasteiger partial charge on any atom is 0.475 e. The summed E-state index contributed by atoms with van der Waals surface area (Å²) in [6, 6.07) is 6.87. The first-order chi connectivity index (χ1) is 17.4. The van der Waals surface area contributed by atoms with Crippen LogP contribution in [0.2, 0.25) is 5.02 Å². The van der Waals surface area contributed by atoms with Crippen molar-refractivity contribution in [3.05, 3.63) is 47.1 Å². The van der Waals surface area contributed by atoms with Crippen LogP contribution in [0.15, 0.2) is 36.5 Å². The number of phosphoric ester groups is 1.